The van der Waals surface area contributed by atoms with Gasteiger partial charge in [0.15, 0.2) is 0 Å². The van der Waals surface area contributed by atoms with Crippen molar-refractivity contribution in [1.82, 2.24) is 4.98 Å². The van der Waals surface area contributed by atoms with Crippen LogP contribution in [0.25, 0.3) is 0 Å². The highest BCUT2D eigenvalue weighted by atomic mass is 15.0. The van der Waals surface area contributed by atoms with E-state index >= 15 is 0 Å². The van der Waals surface area contributed by atoms with Gasteiger partial charge in [-0.3, -0.25) is 0 Å². The second kappa shape index (κ2) is 5.39. The van der Waals surface area contributed by atoms with E-state index in [9.17, 15) is 0 Å². The van der Waals surface area contributed by atoms with Crippen molar-refractivity contribution >= 4 is 11.5 Å². The van der Waals surface area contributed by atoms with Crippen molar-refractivity contribution in [1.29, 1.82) is 0 Å². The van der Waals surface area contributed by atoms with Crippen molar-refractivity contribution in [3.8, 4) is 0 Å². The van der Waals surface area contributed by atoms with Gasteiger partial charge in [0.1, 0.15) is 5.82 Å². The smallest absolute Gasteiger partial charge is 0.149 e. The maximum absolute atomic E-state index is 5.93. The molecule has 2 rings (SSSR count). The van der Waals surface area contributed by atoms with E-state index in [-0.39, 0.29) is 0 Å². The Morgan fingerprint density at radius 3 is 2.82 bits per heavy atom. The van der Waals surface area contributed by atoms with Crippen LogP contribution in [0.1, 0.15) is 39.5 Å². The zero-order valence-electron chi connectivity index (χ0n) is 10.8. The molecule has 1 aromatic rings. The van der Waals surface area contributed by atoms with Gasteiger partial charge in [0, 0.05) is 12.2 Å². The van der Waals surface area contributed by atoms with Gasteiger partial charge >= 0.3 is 0 Å². The molecule has 1 aliphatic carbocycles. The van der Waals surface area contributed by atoms with Gasteiger partial charge in [0.05, 0.1) is 5.69 Å². The molecular weight excluding hydrogens is 210 g/mol. The molecule has 0 amide bonds. The summed E-state index contributed by atoms with van der Waals surface area (Å²) in [5.74, 6) is 2.31. The molecule has 0 radical (unpaired) electrons. The van der Waals surface area contributed by atoms with E-state index in [0.29, 0.717) is 6.04 Å². The van der Waals surface area contributed by atoms with Gasteiger partial charge in [0.25, 0.3) is 0 Å². The fourth-order valence-electron chi connectivity index (χ4n) is 2.85. The number of nitrogen functional groups attached to an aromatic ring is 1. The maximum Gasteiger partial charge on any atom is 0.149 e. The molecular formula is C14H23N3. The van der Waals surface area contributed by atoms with Crippen LogP contribution >= 0.6 is 0 Å². The van der Waals surface area contributed by atoms with Crippen LogP contribution in [0, 0.1) is 11.8 Å². The minimum absolute atomic E-state index is 0.529. The fourth-order valence-corrected chi connectivity index (χ4v) is 2.85. The lowest BCUT2D eigenvalue weighted by molar-refractivity contribution is 0.253. The van der Waals surface area contributed by atoms with Crippen LogP contribution in [0.15, 0.2) is 18.3 Å². The number of anilines is 2. The number of nitrogens with zero attached hydrogens (tertiary/aromatic N) is 1. The second-order valence-electron chi connectivity index (χ2n) is 5.38. The third kappa shape index (κ3) is 2.90. The SMILES string of the molecule is CC(C)C1CCCCC1Nc1ncccc1N. The Morgan fingerprint density at radius 2 is 2.12 bits per heavy atom. The first-order valence-corrected chi connectivity index (χ1v) is 6.65. The molecule has 2 atom stereocenters. The Morgan fingerprint density at radius 1 is 1.35 bits per heavy atom. The van der Waals surface area contributed by atoms with Gasteiger partial charge in [-0.05, 0) is 36.8 Å². The number of pyridine rings is 1. The summed E-state index contributed by atoms with van der Waals surface area (Å²) in [6.45, 7) is 4.62. The topological polar surface area (TPSA) is 50.9 Å². The minimum atomic E-state index is 0.529. The van der Waals surface area contributed by atoms with E-state index in [1.54, 1.807) is 6.20 Å². The van der Waals surface area contributed by atoms with Crippen LogP contribution in [0.3, 0.4) is 0 Å². The van der Waals surface area contributed by atoms with E-state index in [0.717, 1.165) is 23.3 Å². The Balaban J connectivity index is 2.08. The van der Waals surface area contributed by atoms with Crippen molar-refractivity contribution in [2.75, 3.05) is 11.1 Å². The highest BCUT2D eigenvalue weighted by Gasteiger charge is 2.27. The molecule has 1 fully saturated rings. The Bertz CT molecular complexity index is 362. The van der Waals surface area contributed by atoms with Crippen LogP contribution in [-0.4, -0.2) is 11.0 Å². The lowest BCUT2D eigenvalue weighted by Crippen LogP contribution is -2.35. The van der Waals surface area contributed by atoms with E-state index in [1.165, 1.54) is 25.7 Å². The van der Waals surface area contributed by atoms with E-state index in [4.69, 9.17) is 5.73 Å². The highest BCUT2D eigenvalue weighted by molar-refractivity contribution is 5.60. The van der Waals surface area contributed by atoms with Crippen LogP contribution < -0.4 is 11.1 Å². The first kappa shape index (κ1) is 12.2. The standard InChI is InChI=1S/C14H23N3/c1-10(2)11-6-3-4-8-13(11)17-14-12(15)7-5-9-16-14/h5,7,9-11,13H,3-4,6,8,15H2,1-2H3,(H,16,17). The predicted octanol–water partition coefficient (Wildman–Crippen LogP) is 3.29. The first-order chi connectivity index (χ1) is 8.18. The average molecular weight is 233 g/mol. The van der Waals surface area contributed by atoms with Crippen LogP contribution in [0.5, 0.6) is 0 Å². The number of aromatic nitrogens is 1. The molecule has 1 aromatic heterocycles. The zero-order chi connectivity index (χ0) is 12.3. The van der Waals surface area contributed by atoms with Crippen molar-refractivity contribution < 1.29 is 0 Å². The fraction of sp³-hybridized carbons (Fsp3) is 0.643. The monoisotopic (exact) mass is 233 g/mol. The maximum atomic E-state index is 5.93. The average Bonchev–Trinajstić information content (AvgIpc) is 2.32. The van der Waals surface area contributed by atoms with Crippen molar-refractivity contribution in [2.24, 2.45) is 11.8 Å². The molecule has 1 saturated carbocycles. The summed E-state index contributed by atoms with van der Waals surface area (Å²) in [4.78, 5) is 4.33. The van der Waals surface area contributed by atoms with Gasteiger partial charge in [-0.2, -0.15) is 0 Å². The van der Waals surface area contributed by atoms with E-state index in [2.05, 4.69) is 24.1 Å². The lowest BCUT2D eigenvalue weighted by atomic mass is 9.78. The number of nitrogens with one attached hydrogen (secondary N) is 1. The summed E-state index contributed by atoms with van der Waals surface area (Å²) >= 11 is 0. The van der Waals surface area contributed by atoms with E-state index < -0.39 is 0 Å². The second-order valence-corrected chi connectivity index (χ2v) is 5.38. The molecule has 0 spiro atoms. The molecule has 94 valence electrons. The third-order valence-electron chi connectivity index (χ3n) is 3.84. The summed E-state index contributed by atoms with van der Waals surface area (Å²) in [6.07, 6.45) is 7.03. The molecule has 2 unspecified atom stereocenters. The summed E-state index contributed by atoms with van der Waals surface area (Å²) in [5.41, 5.74) is 6.68. The number of hydrogen-bond donors (Lipinski definition) is 2. The molecule has 3 N–H and O–H groups in total. The van der Waals surface area contributed by atoms with Crippen LogP contribution in [0.4, 0.5) is 11.5 Å². The number of nitrogens with two attached hydrogens (primary N) is 1. The quantitative estimate of drug-likeness (QED) is 0.842. The van der Waals surface area contributed by atoms with Gasteiger partial charge in [-0.25, -0.2) is 4.98 Å². The summed E-state index contributed by atoms with van der Waals surface area (Å²) in [7, 11) is 0. The normalized spacial score (nSPS) is 24.9. The Kier molecular flexibility index (Phi) is 3.87. The molecule has 3 nitrogen and oxygen atoms in total. The van der Waals surface area contributed by atoms with Crippen LogP contribution in [-0.2, 0) is 0 Å². The summed E-state index contributed by atoms with van der Waals surface area (Å²) < 4.78 is 0. The largest absolute Gasteiger partial charge is 0.396 e. The summed E-state index contributed by atoms with van der Waals surface area (Å²) in [6, 6.07) is 4.31. The molecule has 3 heteroatoms. The molecule has 0 bridgehead atoms. The third-order valence-corrected chi connectivity index (χ3v) is 3.84. The number of rotatable bonds is 3. The molecule has 0 aromatic carbocycles. The van der Waals surface area contributed by atoms with E-state index in [1.807, 2.05) is 12.1 Å². The zero-order valence-corrected chi connectivity index (χ0v) is 10.8. The van der Waals surface area contributed by atoms with Crippen molar-refractivity contribution in [3.63, 3.8) is 0 Å². The molecule has 1 aliphatic rings. The Hall–Kier alpha value is -1.25. The molecule has 1 heterocycles. The predicted molar refractivity (Wildman–Crippen MR) is 72.9 cm³/mol. The highest BCUT2D eigenvalue weighted by Crippen LogP contribution is 2.32. The van der Waals surface area contributed by atoms with Crippen molar-refractivity contribution in [2.45, 2.75) is 45.6 Å². The Labute approximate surface area is 104 Å². The van der Waals surface area contributed by atoms with Gasteiger partial charge < -0.3 is 11.1 Å². The van der Waals surface area contributed by atoms with Gasteiger partial charge in [0.2, 0.25) is 0 Å². The summed E-state index contributed by atoms with van der Waals surface area (Å²) in [5, 5.41) is 3.54. The first-order valence-electron chi connectivity index (χ1n) is 6.65. The van der Waals surface area contributed by atoms with Gasteiger partial charge in [-0.1, -0.05) is 26.7 Å². The molecule has 0 aliphatic heterocycles. The van der Waals surface area contributed by atoms with Gasteiger partial charge in [-0.15, -0.1) is 0 Å². The lowest BCUT2D eigenvalue weighted by Gasteiger charge is -2.35. The minimum Gasteiger partial charge on any atom is -0.396 e. The van der Waals surface area contributed by atoms with Crippen molar-refractivity contribution in [3.05, 3.63) is 18.3 Å². The number of hydrogen-bond acceptors (Lipinski definition) is 3. The molecule has 17 heavy (non-hydrogen) atoms. The van der Waals surface area contributed by atoms with Crippen LogP contribution in [0.2, 0.25) is 0 Å². The molecule has 0 saturated heterocycles.